The monoisotopic (exact) mass is 401 g/mol. The zero-order valence-electron chi connectivity index (χ0n) is 15.3. The van der Waals surface area contributed by atoms with E-state index >= 15 is 0 Å². The van der Waals surface area contributed by atoms with E-state index in [1.807, 2.05) is 0 Å². The van der Waals surface area contributed by atoms with Crippen molar-refractivity contribution in [2.75, 3.05) is 0 Å². The van der Waals surface area contributed by atoms with Gasteiger partial charge in [-0.2, -0.15) is 12.7 Å². The number of carbonyl (C=O) groups is 2. The van der Waals surface area contributed by atoms with Crippen molar-refractivity contribution in [1.29, 1.82) is 0 Å². The molecule has 12 heteroatoms. The molecule has 3 rings (SSSR count). The number of fused-ring (bicyclic) bond motifs is 1. The van der Waals surface area contributed by atoms with Crippen molar-refractivity contribution in [2.45, 2.75) is 64.5 Å². The van der Waals surface area contributed by atoms with Gasteiger partial charge in [0.15, 0.2) is 6.04 Å². The lowest BCUT2D eigenvalue weighted by Gasteiger charge is -2.38. The summed E-state index contributed by atoms with van der Waals surface area (Å²) in [5.41, 5.74) is 8.41. The number of azide groups is 1. The second-order valence-electron chi connectivity index (χ2n) is 7.67. The van der Waals surface area contributed by atoms with Gasteiger partial charge in [0, 0.05) is 4.91 Å². The quantitative estimate of drug-likeness (QED) is 0.320. The predicted octanol–water partition coefficient (Wildman–Crippen LogP) is 1.66. The van der Waals surface area contributed by atoms with E-state index in [0.29, 0.717) is 11.8 Å². The number of urea groups is 1. The number of hydrogen-bond donors (Lipinski definition) is 1. The summed E-state index contributed by atoms with van der Waals surface area (Å²) < 4.78 is 38.2. The van der Waals surface area contributed by atoms with Gasteiger partial charge in [-0.25, -0.2) is 9.59 Å². The molecule has 2 saturated heterocycles. The number of amides is 2. The van der Waals surface area contributed by atoms with Crippen LogP contribution in [0.2, 0.25) is 0 Å². The van der Waals surface area contributed by atoms with Crippen LogP contribution in [0.15, 0.2) is 4.52 Å². The smallest absolute Gasteiger partial charge is 0.334 e. The molecule has 2 aliphatic heterocycles. The molecule has 11 nitrogen and oxygen atoms in total. The van der Waals surface area contributed by atoms with Crippen LogP contribution in [0.25, 0.3) is 10.4 Å². The average Bonchev–Trinajstić information content (AvgIpc) is 3.04. The van der Waals surface area contributed by atoms with E-state index in [0.717, 1.165) is 19.3 Å². The number of nitrogens with zero attached hydrogens (tertiary/aromatic N) is 4. The Balaban J connectivity index is 1.81. The van der Waals surface area contributed by atoms with Crippen LogP contribution in [0.5, 0.6) is 0 Å². The first-order valence-electron chi connectivity index (χ1n) is 8.93. The highest BCUT2D eigenvalue weighted by Gasteiger charge is 2.60. The van der Waals surface area contributed by atoms with Crippen LogP contribution in [0, 0.1) is 17.8 Å². The fraction of sp³-hybridized carbons (Fsp3) is 0.867. The fourth-order valence-corrected chi connectivity index (χ4v) is 5.10. The number of ether oxygens (including phenoxy) is 2. The van der Waals surface area contributed by atoms with Gasteiger partial charge < -0.3 is 14.8 Å². The molecule has 5 unspecified atom stereocenters. The molecule has 0 aromatic carbocycles. The maximum atomic E-state index is 12.3. The topological polar surface area (TPSA) is 151 Å². The third-order valence-corrected chi connectivity index (χ3v) is 6.68. The first-order chi connectivity index (χ1) is 12.7. The van der Waals surface area contributed by atoms with Crippen molar-refractivity contribution in [3.8, 4) is 0 Å². The number of cyclic esters (lactones) is 1. The van der Waals surface area contributed by atoms with E-state index in [1.54, 1.807) is 0 Å². The summed E-state index contributed by atoms with van der Waals surface area (Å²) >= 11 is 0. The summed E-state index contributed by atoms with van der Waals surface area (Å²) in [5.74, 6) is 0.192. The highest BCUT2D eigenvalue weighted by molar-refractivity contribution is 7.88. The lowest BCUT2D eigenvalue weighted by molar-refractivity contribution is -0.190. The second-order valence-corrected chi connectivity index (χ2v) is 9.12. The lowest BCUT2D eigenvalue weighted by Crippen LogP contribution is -2.45. The number of carbonyl (C=O) groups excluding carboxylic acids is 2. The van der Waals surface area contributed by atoms with Crippen LogP contribution >= 0.6 is 0 Å². The standard InChI is InChI=1S/C15H23N5O6S/c1-7(2)9-5-4-8(3)6-10(9)25-14-11-12(13(21)26-14)20(15(22)17-11)27(23,24)19-18-16/h7-12,14H,4-6H2,1-3H3,(H,17,22)/t8-,9?,10?,11?,12?,14?/m1/s1. The molecule has 0 radical (unpaired) electrons. The van der Waals surface area contributed by atoms with Crippen molar-refractivity contribution in [2.24, 2.45) is 22.3 Å². The zero-order chi connectivity index (χ0) is 19.9. The lowest BCUT2D eigenvalue weighted by atomic mass is 9.75. The number of rotatable bonds is 5. The molecule has 1 aliphatic carbocycles. The van der Waals surface area contributed by atoms with Gasteiger partial charge in [-0.15, -0.1) is 0 Å². The number of nitrogens with one attached hydrogen (secondary N) is 1. The van der Waals surface area contributed by atoms with Gasteiger partial charge in [0.2, 0.25) is 6.29 Å². The number of esters is 1. The van der Waals surface area contributed by atoms with E-state index < -0.39 is 40.6 Å². The molecule has 1 N–H and O–H groups in total. The summed E-state index contributed by atoms with van der Waals surface area (Å²) in [7, 11) is -4.66. The minimum atomic E-state index is -4.66. The molecule has 27 heavy (non-hydrogen) atoms. The van der Waals surface area contributed by atoms with E-state index in [9.17, 15) is 18.0 Å². The molecule has 0 bridgehead atoms. The van der Waals surface area contributed by atoms with E-state index in [1.165, 1.54) is 0 Å². The minimum Gasteiger partial charge on any atom is -0.432 e. The van der Waals surface area contributed by atoms with Gasteiger partial charge in [0.05, 0.1) is 10.6 Å². The Morgan fingerprint density at radius 3 is 2.70 bits per heavy atom. The Hall–Kier alpha value is -2.04. The van der Waals surface area contributed by atoms with E-state index in [2.05, 4.69) is 35.5 Å². The van der Waals surface area contributed by atoms with Crippen LogP contribution in [0.1, 0.15) is 40.0 Å². The zero-order valence-corrected chi connectivity index (χ0v) is 16.1. The normalized spacial score (nSPS) is 36.2. The largest absolute Gasteiger partial charge is 0.432 e. The summed E-state index contributed by atoms with van der Waals surface area (Å²) in [6.07, 6.45) is 1.62. The van der Waals surface area contributed by atoms with Crippen molar-refractivity contribution < 1.29 is 27.5 Å². The van der Waals surface area contributed by atoms with Gasteiger partial charge in [-0.1, -0.05) is 27.2 Å². The molecule has 0 aromatic rings. The van der Waals surface area contributed by atoms with E-state index in [-0.39, 0.29) is 16.3 Å². The number of hydrogen-bond acceptors (Lipinski definition) is 6. The predicted molar refractivity (Wildman–Crippen MR) is 92.1 cm³/mol. The van der Waals surface area contributed by atoms with Crippen LogP contribution < -0.4 is 5.32 Å². The molecule has 150 valence electrons. The first-order valence-corrected chi connectivity index (χ1v) is 10.3. The average molecular weight is 401 g/mol. The van der Waals surface area contributed by atoms with Gasteiger partial charge >= 0.3 is 22.2 Å². The molecular formula is C15H23N5O6S. The maximum absolute atomic E-state index is 12.3. The molecule has 1 saturated carbocycles. The Bertz CT molecular complexity index is 780. The van der Waals surface area contributed by atoms with Gasteiger partial charge in [-0.05, 0) is 36.1 Å². The first kappa shape index (κ1) is 19.7. The molecule has 6 atom stereocenters. The van der Waals surface area contributed by atoms with Crippen LogP contribution in [0.3, 0.4) is 0 Å². The molecule has 0 spiro atoms. The molecule has 3 fully saturated rings. The highest BCUT2D eigenvalue weighted by Crippen LogP contribution is 2.38. The van der Waals surface area contributed by atoms with Crippen molar-refractivity contribution in [1.82, 2.24) is 9.62 Å². The molecule has 2 amide bonds. The van der Waals surface area contributed by atoms with Crippen molar-refractivity contribution >= 4 is 22.2 Å². The minimum absolute atomic E-state index is 0.162. The fourth-order valence-electron chi connectivity index (χ4n) is 4.16. The summed E-state index contributed by atoms with van der Waals surface area (Å²) in [6.45, 7) is 6.33. The highest BCUT2D eigenvalue weighted by atomic mass is 32.2. The summed E-state index contributed by atoms with van der Waals surface area (Å²) in [4.78, 5) is 26.6. The van der Waals surface area contributed by atoms with Crippen molar-refractivity contribution in [3.63, 3.8) is 0 Å². The Labute approximate surface area is 157 Å². The van der Waals surface area contributed by atoms with Crippen LogP contribution in [-0.4, -0.2) is 49.2 Å². The maximum Gasteiger partial charge on any atom is 0.334 e. The Morgan fingerprint density at radius 2 is 2.07 bits per heavy atom. The SMILES string of the molecule is CC(C)C1CC[C@@H](C)CC1OC1OC(=O)C2C1NC(=O)N2S(=O)(=O)N=[N+]=[N-]. The van der Waals surface area contributed by atoms with Gasteiger partial charge in [-0.3, -0.25) is 0 Å². The van der Waals surface area contributed by atoms with Crippen LogP contribution in [-0.2, 0) is 24.5 Å². The summed E-state index contributed by atoms with van der Waals surface area (Å²) in [5, 5.41) is 2.41. The summed E-state index contributed by atoms with van der Waals surface area (Å²) in [6, 6.07) is -3.48. The third-order valence-electron chi connectivity index (χ3n) is 5.51. The van der Waals surface area contributed by atoms with Crippen LogP contribution in [0.4, 0.5) is 4.79 Å². The second kappa shape index (κ2) is 7.17. The molecular weight excluding hydrogens is 378 g/mol. The van der Waals surface area contributed by atoms with Crippen molar-refractivity contribution in [3.05, 3.63) is 10.4 Å². The molecule has 2 heterocycles. The Morgan fingerprint density at radius 1 is 1.37 bits per heavy atom. The third kappa shape index (κ3) is 3.56. The molecule has 3 aliphatic rings. The van der Waals surface area contributed by atoms with Gasteiger partial charge in [0.1, 0.15) is 6.04 Å². The Kier molecular flexibility index (Phi) is 5.24. The van der Waals surface area contributed by atoms with Gasteiger partial charge in [0.25, 0.3) is 0 Å². The molecule has 0 aromatic heterocycles. The van der Waals surface area contributed by atoms with E-state index in [4.69, 9.17) is 15.0 Å².